The Labute approximate surface area is 167 Å². The monoisotopic (exact) mass is 388 g/mol. The van der Waals surface area contributed by atoms with Crippen LogP contribution in [0.1, 0.15) is 48.8 Å². The number of nitrogens with zero attached hydrogens (tertiary/aromatic N) is 4. The van der Waals surface area contributed by atoms with E-state index in [1.807, 2.05) is 12.1 Å². The van der Waals surface area contributed by atoms with Gasteiger partial charge in [-0.15, -0.1) is 0 Å². The maximum Gasteiger partial charge on any atom is 0.127 e. The molecular weight excluding hydrogens is 355 g/mol. The van der Waals surface area contributed by atoms with Crippen molar-refractivity contribution < 1.29 is 9.50 Å². The lowest BCUT2D eigenvalue weighted by atomic mass is 10.1. The number of aliphatic hydroxyl groups excluding tert-OH is 1. The van der Waals surface area contributed by atoms with Crippen LogP contribution in [0, 0.1) is 19.7 Å². The molecule has 0 saturated carbocycles. The van der Waals surface area contributed by atoms with E-state index >= 15 is 0 Å². The number of hydrogen-bond acceptors (Lipinski definition) is 4. The lowest BCUT2D eigenvalue weighted by Gasteiger charge is -2.41. The molecule has 5 nitrogen and oxygen atoms in total. The van der Waals surface area contributed by atoms with Crippen molar-refractivity contribution in [2.75, 3.05) is 26.2 Å². The van der Waals surface area contributed by atoms with Gasteiger partial charge in [0.15, 0.2) is 0 Å². The van der Waals surface area contributed by atoms with Crippen molar-refractivity contribution in [3.05, 3.63) is 52.6 Å². The third kappa shape index (κ3) is 4.62. The van der Waals surface area contributed by atoms with E-state index < -0.39 is 0 Å². The largest absolute Gasteiger partial charge is 0.396 e. The second-order valence-electron chi connectivity index (χ2n) is 8.15. The minimum absolute atomic E-state index is 0.148. The molecule has 28 heavy (non-hydrogen) atoms. The zero-order chi connectivity index (χ0) is 20.3. The van der Waals surface area contributed by atoms with Crippen molar-refractivity contribution >= 4 is 0 Å². The number of hydrogen-bond donors (Lipinski definition) is 1. The van der Waals surface area contributed by atoms with Gasteiger partial charge in [0.1, 0.15) is 5.82 Å². The average Bonchev–Trinajstić information content (AvgIpc) is 2.94. The third-order valence-corrected chi connectivity index (χ3v) is 5.83. The minimum Gasteiger partial charge on any atom is -0.396 e. The first kappa shape index (κ1) is 21.0. The van der Waals surface area contributed by atoms with E-state index in [0.717, 1.165) is 37.4 Å². The zero-order valence-corrected chi connectivity index (χ0v) is 17.5. The van der Waals surface area contributed by atoms with E-state index in [4.69, 9.17) is 5.10 Å². The number of benzene rings is 1. The fourth-order valence-corrected chi connectivity index (χ4v) is 4.23. The number of rotatable bonds is 7. The SMILES string of the molecule is Cc1nn(C(C)C)c(C)c1CN1CCN(Cc2ccccc2F)C(CCO)C1. The lowest BCUT2D eigenvalue weighted by Crippen LogP contribution is -2.52. The zero-order valence-electron chi connectivity index (χ0n) is 17.5. The molecule has 1 fully saturated rings. The van der Waals surface area contributed by atoms with Crippen LogP contribution in [0.4, 0.5) is 4.39 Å². The van der Waals surface area contributed by atoms with Gasteiger partial charge in [-0.3, -0.25) is 14.5 Å². The van der Waals surface area contributed by atoms with Crippen molar-refractivity contribution in [2.45, 2.75) is 59.3 Å². The third-order valence-electron chi connectivity index (χ3n) is 5.83. The van der Waals surface area contributed by atoms with Gasteiger partial charge < -0.3 is 5.11 Å². The highest BCUT2D eigenvalue weighted by Crippen LogP contribution is 2.23. The van der Waals surface area contributed by atoms with E-state index in [9.17, 15) is 9.50 Å². The highest BCUT2D eigenvalue weighted by molar-refractivity contribution is 5.25. The number of aromatic nitrogens is 2. The molecule has 6 heteroatoms. The summed E-state index contributed by atoms with van der Waals surface area (Å²) in [7, 11) is 0. The van der Waals surface area contributed by atoms with Gasteiger partial charge in [-0.2, -0.15) is 5.10 Å². The summed E-state index contributed by atoms with van der Waals surface area (Å²) < 4.78 is 16.2. The van der Waals surface area contributed by atoms with Gasteiger partial charge in [0.2, 0.25) is 0 Å². The molecule has 0 bridgehead atoms. The van der Waals surface area contributed by atoms with Crippen molar-refractivity contribution in [3.8, 4) is 0 Å². The van der Waals surface area contributed by atoms with E-state index in [-0.39, 0.29) is 18.5 Å². The molecule has 0 spiro atoms. The molecule has 0 radical (unpaired) electrons. The molecule has 1 N–H and O–H groups in total. The number of halogens is 1. The highest BCUT2D eigenvalue weighted by atomic mass is 19.1. The van der Waals surface area contributed by atoms with Crippen LogP contribution < -0.4 is 0 Å². The summed E-state index contributed by atoms with van der Waals surface area (Å²) in [5.41, 5.74) is 4.36. The predicted molar refractivity (Wildman–Crippen MR) is 110 cm³/mol. The number of aryl methyl sites for hydroxylation is 1. The summed E-state index contributed by atoms with van der Waals surface area (Å²) >= 11 is 0. The minimum atomic E-state index is -0.153. The molecule has 0 amide bonds. The molecule has 1 atom stereocenters. The molecule has 1 aliphatic rings. The second-order valence-corrected chi connectivity index (χ2v) is 8.15. The smallest absolute Gasteiger partial charge is 0.127 e. The summed E-state index contributed by atoms with van der Waals surface area (Å²) in [5.74, 6) is -0.153. The van der Waals surface area contributed by atoms with Crippen LogP contribution in [0.15, 0.2) is 24.3 Å². The molecule has 3 rings (SSSR count). The molecular formula is C22H33FN4O. The van der Waals surface area contributed by atoms with Crippen LogP contribution in [0.25, 0.3) is 0 Å². The molecule has 1 aromatic heterocycles. The molecule has 1 saturated heterocycles. The normalized spacial score (nSPS) is 18.9. The van der Waals surface area contributed by atoms with Crippen molar-refractivity contribution in [3.63, 3.8) is 0 Å². The fraction of sp³-hybridized carbons (Fsp3) is 0.591. The number of aliphatic hydroxyl groups is 1. The van der Waals surface area contributed by atoms with Crippen LogP contribution in [-0.4, -0.2) is 57.0 Å². The van der Waals surface area contributed by atoms with Gasteiger partial charge in [-0.05, 0) is 40.2 Å². The standard InChI is InChI=1S/C22H33FN4O/c1-16(2)27-18(4)21(17(3)24-27)15-25-10-11-26(20(14-25)9-12-28)13-19-7-5-6-8-22(19)23/h5-8,16,20,28H,9-15H2,1-4H3. The van der Waals surface area contributed by atoms with Gasteiger partial charge in [0.25, 0.3) is 0 Å². The maximum atomic E-state index is 14.1. The van der Waals surface area contributed by atoms with Crippen LogP contribution >= 0.6 is 0 Å². The Morgan fingerprint density at radius 2 is 1.93 bits per heavy atom. The van der Waals surface area contributed by atoms with E-state index in [1.54, 1.807) is 6.07 Å². The first-order valence-electron chi connectivity index (χ1n) is 10.3. The van der Waals surface area contributed by atoms with Crippen LogP contribution in [-0.2, 0) is 13.1 Å². The topological polar surface area (TPSA) is 44.5 Å². The summed E-state index contributed by atoms with van der Waals surface area (Å²) in [6.45, 7) is 12.8. The van der Waals surface area contributed by atoms with Crippen molar-refractivity contribution in [1.82, 2.24) is 19.6 Å². The summed E-state index contributed by atoms with van der Waals surface area (Å²) in [5, 5.41) is 14.3. The van der Waals surface area contributed by atoms with E-state index in [2.05, 4.69) is 42.2 Å². The molecule has 2 heterocycles. The summed E-state index contributed by atoms with van der Waals surface area (Å²) in [6.07, 6.45) is 0.703. The molecule has 1 aromatic carbocycles. The quantitative estimate of drug-likeness (QED) is 0.791. The molecule has 1 aliphatic heterocycles. The van der Waals surface area contributed by atoms with Crippen molar-refractivity contribution in [2.24, 2.45) is 0 Å². The van der Waals surface area contributed by atoms with Gasteiger partial charge >= 0.3 is 0 Å². The predicted octanol–water partition coefficient (Wildman–Crippen LogP) is 3.29. The fourth-order valence-electron chi connectivity index (χ4n) is 4.23. The van der Waals surface area contributed by atoms with Gasteiger partial charge in [-0.1, -0.05) is 18.2 Å². The average molecular weight is 389 g/mol. The first-order chi connectivity index (χ1) is 13.4. The van der Waals surface area contributed by atoms with Crippen LogP contribution in [0.5, 0.6) is 0 Å². The van der Waals surface area contributed by atoms with Gasteiger partial charge in [-0.25, -0.2) is 4.39 Å². The Morgan fingerprint density at radius 3 is 2.57 bits per heavy atom. The molecule has 1 unspecified atom stereocenters. The van der Waals surface area contributed by atoms with Gasteiger partial charge in [0, 0.05) is 68.2 Å². The van der Waals surface area contributed by atoms with Gasteiger partial charge in [0.05, 0.1) is 5.69 Å². The first-order valence-corrected chi connectivity index (χ1v) is 10.3. The van der Waals surface area contributed by atoms with E-state index in [1.165, 1.54) is 17.3 Å². The molecule has 2 aromatic rings. The summed E-state index contributed by atoms with van der Waals surface area (Å²) in [6, 6.07) is 7.55. The molecule has 0 aliphatic carbocycles. The Hall–Kier alpha value is -1.76. The highest BCUT2D eigenvalue weighted by Gasteiger charge is 2.28. The maximum absolute atomic E-state index is 14.1. The Morgan fingerprint density at radius 1 is 1.18 bits per heavy atom. The van der Waals surface area contributed by atoms with Crippen LogP contribution in [0.3, 0.4) is 0 Å². The Kier molecular flexibility index (Phi) is 6.86. The van der Waals surface area contributed by atoms with Crippen LogP contribution in [0.2, 0.25) is 0 Å². The van der Waals surface area contributed by atoms with Crippen molar-refractivity contribution in [1.29, 1.82) is 0 Å². The Balaban J connectivity index is 1.70. The molecule has 154 valence electrons. The number of piperazine rings is 1. The lowest BCUT2D eigenvalue weighted by molar-refractivity contribution is 0.0491. The summed E-state index contributed by atoms with van der Waals surface area (Å²) in [4.78, 5) is 4.75. The Bertz CT molecular complexity index is 789. The second kappa shape index (κ2) is 9.16. The van der Waals surface area contributed by atoms with E-state index in [0.29, 0.717) is 19.0 Å².